The van der Waals surface area contributed by atoms with Gasteiger partial charge in [-0.05, 0) is 55.9 Å². The maximum absolute atomic E-state index is 11.6. The zero-order valence-corrected chi connectivity index (χ0v) is 12.7. The smallest absolute Gasteiger partial charge is 0.250 e. The Bertz CT molecular complexity index is 703. The van der Waals surface area contributed by atoms with Crippen LogP contribution in [-0.2, 0) is 19.4 Å². The number of benzene rings is 1. The maximum Gasteiger partial charge on any atom is 0.250 e. The van der Waals surface area contributed by atoms with Gasteiger partial charge in [-0.2, -0.15) is 0 Å². The van der Waals surface area contributed by atoms with Gasteiger partial charge in [-0.3, -0.25) is 4.79 Å². The maximum atomic E-state index is 11.6. The van der Waals surface area contributed by atoms with Crippen LogP contribution in [0.3, 0.4) is 0 Å². The lowest BCUT2D eigenvalue weighted by Crippen LogP contribution is -2.18. The van der Waals surface area contributed by atoms with Gasteiger partial charge in [-0.15, -0.1) is 0 Å². The lowest BCUT2D eigenvalue weighted by molar-refractivity contribution is 0.725. The van der Waals surface area contributed by atoms with Gasteiger partial charge in [0.2, 0.25) is 0 Å². The third-order valence-electron chi connectivity index (χ3n) is 4.33. The van der Waals surface area contributed by atoms with Gasteiger partial charge >= 0.3 is 0 Å². The van der Waals surface area contributed by atoms with Crippen molar-refractivity contribution in [2.75, 3.05) is 5.32 Å². The molecule has 0 bridgehead atoms. The second-order valence-electron chi connectivity index (χ2n) is 5.79. The monoisotopic (exact) mass is 282 g/mol. The van der Waals surface area contributed by atoms with Crippen molar-refractivity contribution in [2.24, 2.45) is 0 Å². The summed E-state index contributed by atoms with van der Waals surface area (Å²) in [4.78, 5) is 11.6. The minimum Gasteiger partial charge on any atom is -0.377 e. The van der Waals surface area contributed by atoms with E-state index >= 15 is 0 Å². The molecule has 0 amide bonds. The van der Waals surface area contributed by atoms with Crippen LogP contribution in [0, 0.1) is 0 Å². The van der Waals surface area contributed by atoms with E-state index in [0.717, 1.165) is 5.69 Å². The van der Waals surface area contributed by atoms with Crippen LogP contribution in [0.25, 0.3) is 0 Å². The largest absolute Gasteiger partial charge is 0.377 e. The first-order chi connectivity index (χ1) is 10.2. The molecule has 0 saturated heterocycles. The van der Waals surface area contributed by atoms with Crippen LogP contribution < -0.4 is 10.9 Å². The molecule has 3 nitrogen and oxygen atoms in total. The van der Waals surface area contributed by atoms with Crippen molar-refractivity contribution < 1.29 is 0 Å². The molecule has 110 valence electrons. The topological polar surface area (TPSA) is 34.0 Å². The molecule has 1 aliphatic rings. The van der Waals surface area contributed by atoms with Gasteiger partial charge in [0.25, 0.3) is 5.56 Å². The van der Waals surface area contributed by atoms with Gasteiger partial charge in [-0.1, -0.05) is 18.2 Å². The highest BCUT2D eigenvalue weighted by molar-refractivity contribution is 5.45. The third-order valence-corrected chi connectivity index (χ3v) is 4.33. The SMILES string of the molecule is CCn1cc(NC(C)c2ccc3c(c2)CCC3)ccc1=O. The molecule has 0 fully saturated rings. The zero-order valence-electron chi connectivity index (χ0n) is 12.7. The fraction of sp³-hybridized carbons (Fsp3) is 0.389. The number of aryl methyl sites for hydroxylation is 3. The molecule has 2 aromatic rings. The minimum absolute atomic E-state index is 0.0493. The average molecular weight is 282 g/mol. The first-order valence-corrected chi connectivity index (χ1v) is 7.76. The number of nitrogens with zero attached hydrogens (tertiary/aromatic N) is 1. The molecule has 1 aliphatic carbocycles. The zero-order chi connectivity index (χ0) is 14.8. The molecule has 3 rings (SSSR count). The molecule has 1 N–H and O–H groups in total. The molecule has 0 saturated carbocycles. The summed E-state index contributed by atoms with van der Waals surface area (Å²) in [5.74, 6) is 0. The molecule has 1 unspecified atom stereocenters. The summed E-state index contributed by atoms with van der Waals surface area (Å²) in [6.07, 6.45) is 5.60. The predicted octanol–water partition coefficient (Wildman–Crippen LogP) is 3.53. The molecule has 3 heteroatoms. The van der Waals surface area contributed by atoms with Crippen LogP contribution in [0.2, 0.25) is 0 Å². The Morgan fingerprint density at radius 2 is 2.00 bits per heavy atom. The van der Waals surface area contributed by atoms with Crippen LogP contribution >= 0.6 is 0 Å². The van der Waals surface area contributed by atoms with Gasteiger partial charge in [0.05, 0.1) is 5.69 Å². The fourth-order valence-corrected chi connectivity index (χ4v) is 3.06. The standard InChI is InChI=1S/C18H22N2O/c1-3-20-12-17(9-10-18(20)21)19-13(2)15-8-7-14-5-4-6-16(14)11-15/h7-13,19H,3-6H2,1-2H3. The van der Waals surface area contributed by atoms with Gasteiger partial charge < -0.3 is 9.88 Å². The number of hydrogen-bond acceptors (Lipinski definition) is 2. The molecule has 0 spiro atoms. The third kappa shape index (κ3) is 2.87. The molecule has 1 aromatic heterocycles. The molecule has 0 aliphatic heterocycles. The van der Waals surface area contributed by atoms with E-state index in [1.807, 2.05) is 19.2 Å². The van der Waals surface area contributed by atoms with Crippen LogP contribution in [0.1, 0.15) is 43.0 Å². The van der Waals surface area contributed by atoms with E-state index in [9.17, 15) is 4.79 Å². The Labute approximate surface area is 125 Å². The number of hydrogen-bond donors (Lipinski definition) is 1. The van der Waals surface area contributed by atoms with Crippen molar-refractivity contribution >= 4 is 5.69 Å². The lowest BCUT2D eigenvalue weighted by atomic mass is 10.0. The predicted molar refractivity (Wildman–Crippen MR) is 86.9 cm³/mol. The quantitative estimate of drug-likeness (QED) is 0.931. The molecule has 1 atom stereocenters. The summed E-state index contributed by atoms with van der Waals surface area (Å²) >= 11 is 0. The number of nitrogens with one attached hydrogen (secondary N) is 1. The number of pyridine rings is 1. The van der Waals surface area contributed by atoms with E-state index in [2.05, 4.69) is 30.4 Å². The second kappa shape index (κ2) is 5.76. The van der Waals surface area contributed by atoms with Crippen LogP contribution in [0.5, 0.6) is 0 Å². The molecule has 21 heavy (non-hydrogen) atoms. The van der Waals surface area contributed by atoms with Crippen molar-refractivity contribution in [3.05, 3.63) is 63.6 Å². The Hall–Kier alpha value is -2.03. The summed E-state index contributed by atoms with van der Waals surface area (Å²) < 4.78 is 1.72. The molecule has 1 heterocycles. The molecular weight excluding hydrogens is 260 g/mol. The Kier molecular flexibility index (Phi) is 3.82. The van der Waals surface area contributed by atoms with E-state index in [4.69, 9.17) is 0 Å². The molecule has 0 radical (unpaired) electrons. The summed E-state index contributed by atoms with van der Waals surface area (Å²) in [5.41, 5.74) is 5.35. The van der Waals surface area contributed by atoms with Gasteiger partial charge in [0, 0.05) is 24.8 Å². The van der Waals surface area contributed by atoms with Gasteiger partial charge in [-0.25, -0.2) is 0 Å². The number of fused-ring (bicyclic) bond motifs is 1. The highest BCUT2D eigenvalue weighted by Crippen LogP contribution is 2.26. The van der Waals surface area contributed by atoms with E-state index in [-0.39, 0.29) is 11.6 Å². The van der Waals surface area contributed by atoms with Crippen molar-refractivity contribution in [2.45, 2.75) is 45.7 Å². The summed E-state index contributed by atoms with van der Waals surface area (Å²) in [6, 6.07) is 10.5. The van der Waals surface area contributed by atoms with E-state index < -0.39 is 0 Å². The second-order valence-corrected chi connectivity index (χ2v) is 5.79. The van der Waals surface area contributed by atoms with Gasteiger partial charge in [0.1, 0.15) is 0 Å². The van der Waals surface area contributed by atoms with Crippen molar-refractivity contribution in [3.63, 3.8) is 0 Å². The Balaban J connectivity index is 1.80. The highest BCUT2D eigenvalue weighted by Gasteiger charge is 2.13. The number of rotatable bonds is 4. The van der Waals surface area contributed by atoms with Gasteiger partial charge in [0.15, 0.2) is 0 Å². The Morgan fingerprint density at radius 1 is 1.19 bits per heavy atom. The fourth-order valence-electron chi connectivity index (χ4n) is 3.06. The van der Waals surface area contributed by atoms with Crippen LogP contribution in [0.15, 0.2) is 41.3 Å². The number of anilines is 1. The normalized spacial score (nSPS) is 14.8. The molecule has 1 aromatic carbocycles. The van der Waals surface area contributed by atoms with Crippen molar-refractivity contribution in [1.82, 2.24) is 4.57 Å². The first-order valence-electron chi connectivity index (χ1n) is 7.76. The van der Waals surface area contributed by atoms with Crippen LogP contribution in [-0.4, -0.2) is 4.57 Å². The Morgan fingerprint density at radius 3 is 2.81 bits per heavy atom. The summed E-state index contributed by atoms with van der Waals surface area (Å²) in [7, 11) is 0. The van der Waals surface area contributed by atoms with E-state index in [1.165, 1.54) is 36.0 Å². The number of aromatic nitrogens is 1. The van der Waals surface area contributed by atoms with Crippen LogP contribution in [0.4, 0.5) is 5.69 Å². The highest BCUT2D eigenvalue weighted by atomic mass is 16.1. The summed E-state index contributed by atoms with van der Waals surface area (Å²) in [6.45, 7) is 4.84. The van der Waals surface area contributed by atoms with E-state index in [1.54, 1.807) is 10.6 Å². The van der Waals surface area contributed by atoms with Crippen molar-refractivity contribution in [3.8, 4) is 0 Å². The first kappa shape index (κ1) is 13.9. The average Bonchev–Trinajstić information content (AvgIpc) is 2.96. The minimum atomic E-state index is 0.0493. The lowest BCUT2D eigenvalue weighted by Gasteiger charge is -2.17. The van der Waals surface area contributed by atoms with E-state index in [0.29, 0.717) is 6.54 Å². The van der Waals surface area contributed by atoms with Crippen molar-refractivity contribution in [1.29, 1.82) is 0 Å². The molecular formula is C18H22N2O. The summed E-state index contributed by atoms with van der Waals surface area (Å²) in [5, 5.41) is 3.49.